The van der Waals surface area contributed by atoms with Gasteiger partial charge in [-0.2, -0.15) is 0 Å². The summed E-state index contributed by atoms with van der Waals surface area (Å²) >= 11 is 0. The van der Waals surface area contributed by atoms with Crippen LogP contribution in [0.2, 0.25) is 0 Å². The average Bonchev–Trinajstić information content (AvgIpc) is 3.43. The van der Waals surface area contributed by atoms with Gasteiger partial charge in [0.25, 0.3) is 0 Å². The number of carbonyl (C=O) groups excluding carboxylic acids is 1. The van der Waals surface area contributed by atoms with Gasteiger partial charge in [0.15, 0.2) is 0 Å². The van der Waals surface area contributed by atoms with Crippen molar-refractivity contribution >= 4 is 18.3 Å². The van der Waals surface area contributed by atoms with Gasteiger partial charge in [0, 0.05) is 19.1 Å². The van der Waals surface area contributed by atoms with Gasteiger partial charge in [-0.3, -0.25) is 4.79 Å². The highest BCUT2D eigenvalue weighted by atomic mass is 35.5. The normalized spacial score (nSPS) is 19.6. The quantitative estimate of drug-likeness (QED) is 0.806. The molecule has 0 bridgehead atoms. The molecule has 1 saturated heterocycles. The first-order chi connectivity index (χ1) is 11.3. The number of nitrogens with zero attached hydrogens (tertiary/aromatic N) is 1. The summed E-state index contributed by atoms with van der Waals surface area (Å²) in [5.41, 5.74) is 1.17. The number of nitrogens with one attached hydrogen (secondary N) is 1. The highest BCUT2D eigenvalue weighted by Crippen LogP contribution is 2.29. The molecule has 3 nitrogen and oxygen atoms in total. The fourth-order valence-corrected chi connectivity index (χ4v) is 3.59. The van der Waals surface area contributed by atoms with Crippen LogP contribution in [-0.4, -0.2) is 36.5 Å². The zero-order chi connectivity index (χ0) is 16.1. The van der Waals surface area contributed by atoms with Crippen molar-refractivity contribution in [1.82, 2.24) is 10.2 Å². The Morgan fingerprint density at radius 3 is 2.42 bits per heavy atom. The molecule has 1 heterocycles. The van der Waals surface area contributed by atoms with Crippen LogP contribution in [0.4, 0.5) is 0 Å². The van der Waals surface area contributed by atoms with Crippen molar-refractivity contribution in [2.45, 2.75) is 57.4 Å². The topological polar surface area (TPSA) is 32.3 Å². The minimum absolute atomic E-state index is 0. The molecule has 1 amide bonds. The van der Waals surface area contributed by atoms with E-state index in [0.717, 1.165) is 44.7 Å². The SMILES string of the molecule is CCCC(C(=O)N1CCC(NCC2CC2)CC1)c1ccccc1.Cl. The molecule has 1 unspecified atom stereocenters. The maximum Gasteiger partial charge on any atom is 0.230 e. The van der Waals surface area contributed by atoms with Crippen LogP contribution in [0.15, 0.2) is 30.3 Å². The Kier molecular flexibility index (Phi) is 7.57. The molecule has 134 valence electrons. The lowest BCUT2D eigenvalue weighted by molar-refractivity contribution is -0.134. The van der Waals surface area contributed by atoms with Crippen LogP contribution in [0, 0.1) is 5.92 Å². The summed E-state index contributed by atoms with van der Waals surface area (Å²) in [5.74, 6) is 1.30. The molecule has 24 heavy (non-hydrogen) atoms. The smallest absolute Gasteiger partial charge is 0.230 e. The fourth-order valence-electron chi connectivity index (χ4n) is 3.59. The third-order valence-corrected chi connectivity index (χ3v) is 5.28. The van der Waals surface area contributed by atoms with Gasteiger partial charge in [0.2, 0.25) is 5.91 Å². The molecular weight excluding hydrogens is 320 g/mol. The summed E-state index contributed by atoms with van der Waals surface area (Å²) in [6.45, 7) is 5.17. The van der Waals surface area contributed by atoms with E-state index in [-0.39, 0.29) is 18.3 Å². The molecule has 1 aromatic carbocycles. The molecule has 3 rings (SSSR count). The summed E-state index contributed by atoms with van der Waals surface area (Å²) in [5, 5.41) is 3.69. The van der Waals surface area contributed by atoms with Crippen LogP contribution >= 0.6 is 12.4 Å². The first-order valence-electron chi connectivity index (χ1n) is 9.35. The monoisotopic (exact) mass is 350 g/mol. The van der Waals surface area contributed by atoms with Gasteiger partial charge in [0.1, 0.15) is 0 Å². The molecule has 0 aromatic heterocycles. The molecule has 1 aliphatic heterocycles. The van der Waals surface area contributed by atoms with E-state index in [1.165, 1.54) is 24.9 Å². The van der Waals surface area contributed by atoms with Gasteiger partial charge in [-0.1, -0.05) is 43.7 Å². The van der Waals surface area contributed by atoms with Crippen molar-refractivity contribution in [3.05, 3.63) is 35.9 Å². The van der Waals surface area contributed by atoms with Gasteiger partial charge in [0.05, 0.1) is 5.92 Å². The van der Waals surface area contributed by atoms with E-state index in [1.54, 1.807) is 0 Å². The zero-order valence-electron chi connectivity index (χ0n) is 14.7. The highest BCUT2D eigenvalue weighted by Gasteiger charge is 2.29. The van der Waals surface area contributed by atoms with E-state index in [2.05, 4.69) is 29.3 Å². The Bertz CT molecular complexity index is 496. The van der Waals surface area contributed by atoms with Crippen molar-refractivity contribution in [3.8, 4) is 0 Å². The van der Waals surface area contributed by atoms with Crippen molar-refractivity contribution in [2.75, 3.05) is 19.6 Å². The first kappa shape index (κ1) is 19.3. The van der Waals surface area contributed by atoms with Crippen LogP contribution in [0.3, 0.4) is 0 Å². The van der Waals surface area contributed by atoms with Crippen LogP contribution in [0.25, 0.3) is 0 Å². The average molecular weight is 351 g/mol. The number of hydrogen-bond donors (Lipinski definition) is 1. The lowest BCUT2D eigenvalue weighted by Crippen LogP contribution is -2.46. The molecular formula is C20H31ClN2O. The molecule has 4 heteroatoms. The molecule has 1 N–H and O–H groups in total. The van der Waals surface area contributed by atoms with E-state index in [0.29, 0.717) is 11.9 Å². The Balaban J connectivity index is 0.00000208. The zero-order valence-corrected chi connectivity index (χ0v) is 15.6. The number of benzene rings is 1. The largest absolute Gasteiger partial charge is 0.342 e. The number of carbonyl (C=O) groups is 1. The second-order valence-corrected chi connectivity index (χ2v) is 7.20. The van der Waals surface area contributed by atoms with Gasteiger partial charge in [-0.25, -0.2) is 0 Å². The van der Waals surface area contributed by atoms with E-state index in [4.69, 9.17) is 0 Å². The Morgan fingerprint density at radius 2 is 1.83 bits per heavy atom. The Morgan fingerprint density at radius 1 is 1.17 bits per heavy atom. The summed E-state index contributed by atoms with van der Waals surface area (Å²) in [4.78, 5) is 15.1. The van der Waals surface area contributed by atoms with E-state index in [9.17, 15) is 4.79 Å². The highest BCUT2D eigenvalue weighted by molar-refractivity contribution is 5.85. The van der Waals surface area contributed by atoms with Crippen molar-refractivity contribution < 1.29 is 4.79 Å². The van der Waals surface area contributed by atoms with E-state index >= 15 is 0 Å². The summed E-state index contributed by atoms with van der Waals surface area (Å²) in [6.07, 6.45) is 7.01. The maximum atomic E-state index is 13.0. The lowest BCUT2D eigenvalue weighted by Gasteiger charge is -2.35. The summed E-state index contributed by atoms with van der Waals surface area (Å²) in [6, 6.07) is 10.9. The maximum absolute atomic E-state index is 13.0. The van der Waals surface area contributed by atoms with Crippen LogP contribution in [0.1, 0.15) is 56.9 Å². The summed E-state index contributed by atoms with van der Waals surface area (Å²) < 4.78 is 0. The number of piperidine rings is 1. The predicted molar refractivity (Wildman–Crippen MR) is 102 cm³/mol. The molecule has 0 spiro atoms. The predicted octanol–water partition coefficient (Wildman–Crippen LogP) is 3.98. The van der Waals surface area contributed by atoms with Gasteiger partial charge < -0.3 is 10.2 Å². The summed E-state index contributed by atoms with van der Waals surface area (Å²) in [7, 11) is 0. The standard InChI is InChI=1S/C20H30N2O.ClH/c1-2-6-19(17-7-4-3-5-8-17)20(23)22-13-11-18(12-14-22)21-15-16-9-10-16;/h3-5,7-8,16,18-19,21H,2,6,9-15H2,1H3;1H. The van der Waals surface area contributed by atoms with Crippen molar-refractivity contribution in [2.24, 2.45) is 5.92 Å². The molecule has 1 atom stereocenters. The molecule has 0 radical (unpaired) electrons. The van der Waals surface area contributed by atoms with E-state index < -0.39 is 0 Å². The van der Waals surface area contributed by atoms with Gasteiger partial charge in [-0.15, -0.1) is 12.4 Å². The second-order valence-electron chi connectivity index (χ2n) is 7.20. The van der Waals surface area contributed by atoms with Crippen molar-refractivity contribution in [1.29, 1.82) is 0 Å². The van der Waals surface area contributed by atoms with Crippen LogP contribution in [0.5, 0.6) is 0 Å². The minimum Gasteiger partial charge on any atom is -0.342 e. The third kappa shape index (κ3) is 5.22. The van der Waals surface area contributed by atoms with Crippen LogP contribution in [-0.2, 0) is 4.79 Å². The minimum atomic E-state index is 0. The van der Waals surface area contributed by atoms with Crippen molar-refractivity contribution in [3.63, 3.8) is 0 Å². The lowest BCUT2D eigenvalue weighted by atomic mass is 9.92. The second kappa shape index (κ2) is 9.43. The number of amides is 1. The number of likely N-dealkylation sites (tertiary alicyclic amines) is 1. The van der Waals surface area contributed by atoms with Gasteiger partial charge in [-0.05, 0) is 50.1 Å². The Labute approximate surface area is 152 Å². The molecule has 2 aliphatic rings. The molecule has 2 fully saturated rings. The van der Waals surface area contributed by atoms with Crippen LogP contribution < -0.4 is 5.32 Å². The molecule has 1 saturated carbocycles. The molecule has 1 aliphatic carbocycles. The number of rotatable bonds is 7. The number of hydrogen-bond acceptors (Lipinski definition) is 2. The molecule has 1 aromatic rings. The van der Waals surface area contributed by atoms with Gasteiger partial charge >= 0.3 is 0 Å². The first-order valence-corrected chi connectivity index (χ1v) is 9.35. The number of halogens is 1. The van der Waals surface area contributed by atoms with E-state index in [1.807, 2.05) is 18.2 Å². The third-order valence-electron chi connectivity index (χ3n) is 5.28. The fraction of sp³-hybridized carbons (Fsp3) is 0.650. The Hall–Kier alpha value is -1.06.